The molecule has 0 saturated carbocycles. The first-order chi connectivity index (χ1) is 5.16. The van der Waals surface area contributed by atoms with Gasteiger partial charge in [-0.25, -0.2) is 0 Å². The van der Waals surface area contributed by atoms with E-state index in [2.05, 4.69) is 22.9 Å². The highest BCUT2D eigenvalue weighted by atomic mass is 32.2. The zero-order valence-electron chi connectivity index (χ0n) is 6.20. The number of thioether (sulfide) groups is 1. The average Bonchev–Trinajstić information content (AvgIpc) is 1.97. The minimum absolute atomic E-state index is 0.454. The Morgan fingerprint density at radius 2 is 2.45 bits per heavy atom. The van der Waals surface area contributed by atoms with E-state index in [1.807, 2.05) is 0 Å². The van der Waals surface area contributed by atoms with Gasteiger partial charge in [0.2, 0.25) is 0 Å². The van der Waals surface area contributed by atoms with Gasteiger partial charge in [0.1, 0.15) is 3.53 Å². The van der Waals surface area contributed by atoms with E-state index in [0.29, 0.717) is 9.49 Å². The van der Waals surface area contributed by atoms with Crippen molar-refractivity contribution in [3.8, 4) is 0 Å². The molecule has 0 radical (unpaired) electrons. The van der Waals surface area contributed by atoms with Crippen LogP contribution in [-0.4, -0.2) is 28.8 Å². The summed E-state index contributed by atoms with van der Waals surface area (Å²) in [5.74, 6) is 1.31. The van der Waals surface area contributed by atoms with Crippen LogP contribution in [0.3, 0.4) is 0 Å². The molecule has 3 N–H and O–H groups in total. The van der Waals surface area contributed by atoms with Crippen LogP contribution >= 0.6 is 36.6 Å². The molecule has 0 amide bonds. The molecule has 0 aromatic heterocycles. The molecule has 0 aromatic rings. The molecule has 0 saturated heterocycles. The third kappa shape index (κ3) is 7.96. The fourth-order valence-electron chi connectivity index (χ4n) is 0.396. The van der Waals surface area contributed by atoms with Crippen molar-refractivity contribution in [1.82, 2.24) is 5.32 Å². The predicted molar refractivity (Wildman–Crippen MR) is 59.6 cm³/mol. The maximum atomic E-state index is 5.37. The van der Waals surface area contributed by atoms with Crippen molar-refractivity contribution in [3.05, 3.63) is 0 Å². The van der Waals surface area contributed by atoms with Crippen LogP contribution in [0.15, 0.2) is 4.99 Å². The van der Waals surface area contributed by atoms with Gasteiger partial charge in [-0.1, -0.05) is 12.2 Å². The Labute approximate surface area is 81.6 Å². The molecule has 0 atom stereocenters. The summed E-state index contributed by atoms with van der Waals surface area (Å²) in [7, 11) is 1.64. The quantitative estimate of drug-likeness (QED) is 0.208. The minimum Gasteiger partial charge on any atom is -0.370 e. The highest BCUT2D eigenvalue weighted by Crippen LogP contribution is 2.05. The SMILES string of the molecule is CN=C(N)NCCSC(=S)S. The lowest BCUT2D eigenvalue weighted by molar-refractivity contribution is 0.961. The summed E-state index contributed by atoms with van der Waals surface area (Å²) in [6, 6.07) is 0. The zero-order chi connectivity index (χ0) is 8.69. The van der Waals surface area contributed by atoms with Gasteiger partial charge in [0, 0.05) is 19.3 Å². The van der Waals surface area contributed by atoms with Crippen LogP contribution in [0.4, 0.5) is 0 Å². The van der Waals surface area contributed by atoms with Gasteiger partial charge >= 0.3 is 0 Å². The van der Waals surface area contributed by atoms with Crippen molar-refractivity contribution in [2.24, 2.45) is 10.7 Å². The maximum Gasteiger partial charge on any atom is 0.188 e. The monoisotopic (exact) mass is 209 g/mol. The van der Waals surface area contributed by atoms with Crippen LogP contribution in [0.5, 0.6) is 0 Å². The second-order valence-corrected chi connectivity index (χ2v) is 4.47. The van der Waals surface area contributed by atoms with Gasteiger partial charge in [0.05, 0.1) is 0 Å². The van der Waals surface area contributed by atoms with Gasteiger partial charge in [0.25, 0.3) is 0 Å². The van der Waals surface area contributed by atoms with E-state index in [9.17, 15) is 0 Å². The number of thiocarbonyl (C=S) groups is 1. The molecule has 3 nitrogen and oxygen atoms in total. The lowest BCUT2D eigenvalue weighted by Crippen LogP contribution is -2.33. The van der Waals surface area contributed by atoms with Crippen molar-refractivity contribution in [2.45, 2.75) is 0 Å². The van der Waals surface area contributed by atoms with E-state index in [0.717, 1.165) is 12.3 Å². The van der Waals surface area contributed by atoms with E-state index in [4.69, 9.17) is 18.0 Å². The summed E-state index contributed by atoms with van der Waals surface area (Å²) in [6.07, 6.45) is 0. The molecule has 0 aliphatic rings. The molecule has 0 fully saturated rings. The van der Waals surface area contributed by atoms with E-state index in [1.165, 1.54) is 11.8 Å². The average molecular weight is 209 g/mol. The Bertz CT molecular complexity index is 157. The van der Waals surface area contributed by atoms with Gasteiger partial charge in [-0.3, -0.25) is 4.99 Å². The summed E-state index contributed by atoms with van der Waals surface area (Å²) in [5, 5.41) is 2.90. The zero-order valence-corrected chi connectivity index (χ0v) is 8.73. The smallest absolute Gasteiger partial charge is 0.188 e. The van der Waals surface area contributed by atoms with E-state index in [1.54, 1.807) is 7.05 Å². The molecule has 0 bridgehead atoms. The number of rotatable bonds is 3. The lowest BCUT2D eigenvalue weighted by atomic mass is 10.7. The normalized spacial score (nSPS) is 11.3. The van der Waals surface area contributed by atoms with Crippen molar-refractivity contribution in [2.75, 3.05) is 19.3 Å². The Morgan fingerprint density at radius 3 is 2.91 bits per heavy atom. The van der Waals surface area contributed by atoms with Gasteiger partial charge < -0.3 is 11.1 Å². The third-order valence-corrected chi connectivity index (χ3v) is 2.27. The molecule has 11 heavy (non-hydrogen) atoms. The number of hydrogen-bond acceptors (Lipinski definition) is 3. The fraction of sp³-hybridized carbons (Fsp3) is 0.600. The maximum absolute atomic E-state index is 5.37. The van der Waals surface area contributed by atoms with Crippen LogP contribution < -0.4 is 11.1 Å². The van der Waals surface area contributed by atoms with E-state index in [-0.39, 0.29) is 0 Å². The number of guanidine groups is 1. The number of nitrogens with one attached hydrogen (secondary N) is 1. The third-order valence-electron chi connectivity index (χ3n) is 0.875. The highest BCUT2D eigenvalue weighted by Gasteiger charge is 1.91. The number of nitrogens with zero attached hydrogens (tertiary/aromatic N) is 1. The van der Waals surface area contributed by atoms with Crippen LogP contribution in [0, 0.1) is 0 Å². The van der Waals surface area contributed by atoms with Crippen LogP contribution in [0.1, 0.15) is 0 Å². The van der Waals surface area contributed by atoms with Crippen LogP contribution in [-0.2, 0) is 0 Å². The Balaban J connectivity index is 3.21. The molecule has 6 heteroatoms. The summed E-state index contributed by atoms with van der Waals surface area (Å²) >= 11 is 10.2. The van der Waals surface area contributed by atoms with Gasteiger partial charge in [-0.05, 0) is 0 Å². The second-order valence-electron chi connectivity index (χ2n) is 1.65. The van der Waals surface area contributed by atoms with Crippen molar-refractivity contribution < 1.29 is 0 Å². The van der Waals surface area contributed by atoms with E-state index >= 15 is 0 Å². The Morgan fingerprint density at radius 1 is 1.82 bits per heavy atom. The van der Waals surface area contributed by atoms with Crippen LogP contribution in [0.25, 0.3) is 0 Å². The molecule has 0 rings (SSSR count). The fourth-order valence-corrected chi connectivity index (χ4v) is 1.30. The molecule has 0 aliphatic carbocycles. The summed E-state index contributed by atoms with van der Waals surface area (Å²) in [5.41, 5.74) is 5.37. The molecule has 0 aliphatic heterocycles. The van der Waals surface area contributed by atoms with Crippen molar-refractivity contribution in [1.29, 1.82) is 0 Å². The summed E-state index contributed by atoms with van der Waals surface area (Å²) in [4.78, 5) is 3.73. The number of nitrogens with two attached hydrogens (primary N) is 1. The number of aliphatic imine (C=N–C) groups is 1. The first-order valence-corrected chi connectivity index (χ1v) is 4.82. The van der Waals surface area contributed by atoms with Gasteiger partial charge in [0.15, 0.2) is 5.96 Å². The van der Waals surface area contributed by atoms with E-state index < -0.39 is 0 Å². The first-order valence-electron chi connectivity index (χ1n) is 2.98. The molecule has 0 heterocycles. The molecule has 64 valence electrons. The topological polar surface area (TPSA) is 50.4 Å². The molecule has 0 aromatic carbocycles. The largest absolute Gasteiger partial charge is 0.370 e. The van der Waals surface area contributed by atoms with Gasteiger partial charge in [-0.15, -0.1) is 24.4 Å². The second kappa shape index (κ2) is 6.75. The number of hydrogen-bond donors (Lipinski definition) is 3. The van der Waals surface area contributed by atoms with Crippen LogP contribution in [0.2, 0.25) is 0 Å². The van der Waals surface area contributed by atoms with Gasteiger partial charge in [-0.2, -0.15) is 0 Å². The van der Waals surface area contributed by atoms with Crippen molar-refractivity contribution >= 4 is 46.1 Å². The standard InChI is InChI=1S/C5H11N3S3/c1-7-4(6)8-2-3-11-5(9)10/h2-3H2,1H3,(H,9,10)(H3,6,7,8). The first kappa shape index (κ1) is 11.1. The lowest BCUT2D eigenvalue weighted by Gasteiger charge is -2.02. The molecular weight excluding hydrogens is 198 g/mol. The Hall–Kier alpha value is 0.0600. The highest BCUT2D eigenvalue weighted by molar-refractivity contribution is 8.41. The molecule has 0 spiro atoms. The summed E-state index contributed by atoms with van der Waals surface area (Å²) < 4.78 is 0.652. The number of thiol groups is 1. The summed E-state index contributed by atoms with van der Waals surface area (Å²) in [6.45, 7) is 0.758. The minimum atomic E-state index is 0.454. The van der Waals surface area contributed by atoms with Crippen molar-refractivity contribution in [3.63, 3.8) is 0 Å². The Kier molecular flexibility index (Phi) is 6.79. The predicted octanol–water partition coefficient (Wildman–Crippen LogP) is 0.468. The molecular formula is C5H11N3S3. The molecule has 0 unspecified atom stereocenters.